The minimum Gasteiger partial charge on any atom is -0.423 e. The number of rotatable bonds is 2. The minimum absolute atomic E-state index is 0.306. The highest BCUT2D eigenvalue weighted by Crippen LogP contribution is 2.36. The molecule has 4 heteroatoms. The zero-order valence-corrected chi connectivity index (χ0v) is 8.91. The van der Waals surface area contributed by atoms with Crippen LogP contribution >= 0.6 is 0 Å². The lowest BCUT2D eigenvalue weighted by Crippen LogP contribution is -2.26. The van der Waals surface area contributed by atoms with Gasteiger partial charge in [-0.05, 0) is 32.2 Å². The maximum Gasteiger partial charge on any atom is 0.233 e. The monoisotopic (exact) mass is 207 g/mol. The zero-order valence-electron chi connectivity index (χ0n) is 8.91. The van der Waals surface area contributed by atoms with Crippen molar-refractivity contribution in [1.29, 1.82) is 0 Å². The van der Waals surface area contributed by atoms with E-state index in [1.54, 1.807) is 0 Å². The van der Waals surface area contributed by atoms with E-state index in [9.17, 15) is 0 Å². The van der Waals surface area contributed by atoms with Crippen molar-refractivity contribution in [2.45, 2.75) is 50.5 Å². The highest BCUT2D eigenvalue weighted by atomic mass is 16.4. The van der Waals surface area contributed by atoms with Crippen molar-refractivity contribution in [3.63, 3.8) is 0 Å². The summed E-state index contributed by atoms with van der Waals surface area (Å²) in [4.78, 5) is 0. The fourth-order valence-electron chi connectivity index (χ4n) is 2.27. The standard InChI is InChI=1S/C11H17N3O/c1-2-7-12-9(6-1)11-14-13-10(15-11)8-4-3-5-8/h8-9,12H,1-7H2. The maximum atomic E-state index is 5.74. The van der Waals surface area contributed by atoms with Crippen molar-refractivity contribution in [2.24, 2.45) is 0 Å². The molecular formula is C11H17N3O. The molecule has 2 aliphatic rings. The summed E-state index contributed by atoms with van der Waals surface area (Å²) in [5.41, 5.74) is 0. The van der Waals surface area contributed by atoms with Crippen molar-refractivity contribution >= 4 is 0 Å². The van der Waals surface area contributed by atoms with Gasteiger partial charge in [0, 0.05) is 5.92 Å². The topological polar surface area (TPSA) is 51.0 Å². The normalized spacial score (nSPS) is 27.6. The average Bonchev–Trinajstić information content (AvgIpc) is 2.66. The Labute approximate surface area is 89.5 Å². The molecule has 1 unspecified atom stereocenters. The van der Waals surface area contributed by atoms with Crippen molar-refractivity contribution < 1.29 is 4.42 Å². The fraction of sp³-hybridized carbons (Fsp3) is 0.818. The molecule has 1 atom stereocenters. The van der Waals surface area contributed by atoms with Crippen LogP contribution in [0.15, 0.2) is 4.42 Å². The van der Waals surface area contributed by atoms with Crippen LogP contribution in [0.1, 0.15) is 62.3 Å². The second-order valence-electron chi connectivity index (χ2n) is 4.61. The molecule has 2 heterocycles. The second-order valence-corrected chi connectivity index (χ2v) is 4.61. The van der Waals surface area contributed by atoms with Gasteiger partial charge in [0.1, 0.15) is 0 Å². The molecule has 1 saturated carbocycles. The third-order valence-corrected chi connectivity index (χ3v) is 3.52. The van der Waals surface area contributed by atoms with Crippen LogP contribution in [0.25, 0.3) is 0 Å². The zero-order chi connectivity index (χ0) is 10.1. The van der Waals surface area contributed by atoms with E-state index in [1.165, 1.54) is 32.1 Å². The third-order valence-electron chi connectivity index (χ3n) is 3.52. The second kappa shape index (κ2) is 3.93. The SMILES string of the molecule is C1CCC(c2nnc(C3CCC3)o2)NC1. The summed E-state index contributed by atoms with van der Waals surface area (Å²) in [6.45, 7) is 1.08. The lowest BCUT2D eigenvalue weighted by molar-refractivity contribution is 0.292. The number of aromatic nitrogens is 2. The van der Waals surface area contributed by atoms with Crippen molar-refractivity contribution in [3.8, 4) is 0 Å². The molecule has 0 spiro atoms. The van der Waals surface area contributed by atoms with Gasteiger partial charge in [-0.2, -0.15) is 0 Å². The molecule has 2 fully saturated rings. The first-order valence-corrected chi connectivity index (χ1v) is 6.00. The molecule has 1 N–H and O–H groups in total. The van der Waals surface area contributed by atoms with Crippen LogP contribution < -0.4 is 5.32 Å². The molecule has 15 heavy (non-hydrogen) atoms. The van der Waals surface area contributed by atoms with E-state index >= 15 is 0 Å². The molecule has 1 saturated heterocycles. The Morgan fingerprint density at radius 3 is 2.53 bits per heavy atom. The van der Waals surface area contributed by atoms with Gasteiger partial charge in [-0.15, -0.1) is 10.2 Å². The van der Waals surface area contributed by atoms with E-state index in [4.69, 9.17) is 4.42 Å². The van der Waals surface area contributed by atoms with Crippen LogP contribution in [-0.2, 0) is 0 Å². The van der Waals surface area contributed by atoms with Gasteiger partial charge in [-0.1, -0.05) is 12.8 Å². The van der Waals surface area contributed by atoms with Crippen LogP contribution in [0.2, 0.25) is 0 Å². The summed E-state index contributed by atoms with van der Waals surface area (Å²) in [5, 5.41) is 11.7. The van der Waals surface area contributed by atoms with Gasteiger partial charge in [0.2, 0.25) is 11.8 Å². The molecule has 1 aromatic heterocycles. The molecule has 4 nitrogen and oxygen atoms in total. The number of piperidine rings is 1. The lowest BCUT2D eigenvalue weighted by atomic mass is 9.85. The first kappa shape index (κ1) is 9.33. The van der Waals surface area contributed by atoms with Gasteiger partial charge in [0.05, 0.1) is 6.04 Å². The molecular weight excluding hydrogens is 190 g/mol. The fourth-order valence-corrected chi connectivity index (χ4v) is 2.27. The van der Waals surface area contributed by atoms with Gasteiger partial charge in [-0.3, -0.25) is 0 Å². The predicted octanol–water partition coefficient (Wildman–Crippen LogP) is 2.15. The summed E-state index contributed by atoms with van der Waals surface area (Å²) >= 11 is 0. The lowest BCUT2D eigenvalue weighted by Gasteiger charge is -2.22. The smallest absolute Gasteiger partial charge is 0.233 e. The van der Waals surface area contributed by atoms with Crippen molar-refractivity contribution in [2.75, 3.05) is 6.54 Å². The molecule has 1 aromatic rings. The van der Waals surface area contributed by atoms with Gasteiger partial charge in [0.25, 0.3) is 0 Å². The molecule has 0 bridgehead atoms. The van der Waals surface area contributed by atoms with Crippen LogP contribution in [0.4, 0.5) is 0 Å². The first-order valence-electron chi connectivity index (χ1n) is 6.00. The largest absolute Gasteiger partial charge is 0.423 e. The molecule has 82 valence electrons. The summed E-state index contributed by atoms with van der Waals surface area (Å²) in [5.74, 6) is 2.22. The number of nitrogens with zero attached hydrogens (tertiary/aromatic N) is 2. The number of nitrogens with one attached hydrogen (secondary N) is 1. The predicted molar refractivity (Wildman–Crippen MR) is 55.5 cm³/mol. The van der Waals surface area contributed by atoms with Crippen LogP contribution in [0.3, 0.4) is 0 Å². The molecule has 0 aromatic carbocycles. The van der Waals surface area contributed by atoms with E-state index in [-0.39, 0.29) is 0 Å². The molecule has 1 aliphatic heterocycles. The van der Waals surface area contributed by atoms with E-state index in [1.807, 2.05) is 0 Å². The van der Waals surface area contributed by atoms with Crippen molar-refractivity contribution in [1.82, 2.24) is 15.5 Å². The molecule has 3 rings (SSSR count). The van der Waals surface area contributed by atoms with Crippen LogP contribution in [0, 0.1) is 0 Å². The quantitative estimate of drug-likeness (QED) is 0.807. The van der Waals surface area contributed by atoms with E-state index in [0.29, 0.717) is 12.0 Å². The molecule has 0 radical (unpaired) electrons. The van der Waals surface area contributed by atoms with Gasteiger partial charge in [-0.25, -0.2) is 0 Å². The summed E-state index contributed by atoms with van der Waals surface area (Å²) in [6.07, 6.45) is 7.41. The summed E-state index contributed by atoms with van der Waals surface area (Å²) in [7, 11) is 0. The highest BCUT2D eigenvalue weighted by Gasteiger charge is 2.27. The third kappa shape index (κ3) is 1.78. The minimum atomic E-state index is 0.306. The molecule has 1 aliphatic carbocycles. The van der Waals surface area contributed by atoms with E-state index in [0.717, 1.165) is 24.7 Å². The van der Waals surface area contributed by atoms with Gasteiger partial charge >= 0.3 is 0 Å². The summed E-state index contributed by atoms with van der Waals surface area (Å²) in [6, 6.07) is 0.306. The van der Waals surface area contributed by atoms with Gasteiger partial charge < -0.3 is 9.73 Å². The number of hydrogen-bond acceptors (Lipinski definition) is 4. The Balaban J connectivity index is 1.71. The first-order chi connectivity index (χ1) is 7.43. The van der Waals surface area contributed by atoms with E-state index < -0.39 is 0 Å². The van der Waals surface area contributed by atoms with Crippen LogP contribution in [-0.4, -0.2) is 16.7 Å². The Bertz CT molecular complexity index is 326. The van der Waals surface area contributed by atoms with E-state index in [2.05, 4.69) is 15.5 Å². The van der Waals surface area contributed by atoms with Gasteiger partial charge in [0.15, 0.2) is 0 Å². The molecule has 0 amide bonds. The Morgan fingerprint density at radius 1 is 1.00 bits per heavy atom. The maximum absolute atomic E-state index is 5.74. The highest BCUT2D eigenvalue weighted by molar-refractivity contribution is 4.99. The summed E-state index contributed by atoms with van der Waals surface area (Å²) < 4.78 is 5.74. The van der Waals surface area contributed by atoms with Crippen molar-refractivity contribution in [3.05, 3.63) is 11.8 Å². The van der Waals surface area contributed by atoms with Crippen LogP contribution in [0.5, 0.6) is 0 Å². The Kier molecular flexibility index (Phi) is 2.44. The Hall–Kier alpha value is -0.900. The number of hydrogen-bond donors (Lipinski definition) is 1. The Morgan fingerprint density at radius 2 is 1.87 bits per heavy atom. The average molecular weight is 207 g/mol.